The molecule has 1 aliphatic carbocycles. The molecule has 2 atom stereocenters. The summed E-state index contributed by atoms with van der Waals surface area (Å²) in [6.45, 7) is 3.81. The van der Waals surface area contributed by atoms with Crippen LogP contribution in [0.3, 0.4) is 0 Å². The number of aromatic nitrogens is 3. The van der Waals surface area contributed by atoms with Gasteiger partial charge >= 0.3 is 6.09 Å². The number of amides is 1. The molecule has 136 valence electrons. The Balaban J connectivity index is 1.55. The summed E-state index contributed by atoms with van der Waals surface area (Å²) in [7, 11) is 0. The van der Waals surface area contributed by atoms with Crippen LogP contribution in [0.15, 0.2) is 24.4 Å². The zero-order valence-electron chi connectivity index (χ0n) is 14.8. The maximum absolute atomic E-state index is 11.7. The van der Waals surface area contributed by atoms with Crippen molar-refractivity contribution in [1.29, 1.82) is 5.26 Å². The van der Waals surface area contributed by atoms with Crippen LogP contribution >= 0.6 is 0 Å². The molecule has 3 N–H and O–H groups in total. The Morgan fingerprint density at radius 1 is 1.38 bits per heavy atom. The molecule has 0 unspecified atom stereocenters. The quantitative estimate of drug-likeness (QED) is 0.759. The first-order valence-corrected chi connectivity index (χ1v) is 8.69. The number of anilines is 2. The van der Waals surface area contributed by atoms with Gasteiger partial charge in [-0.2, -0.15) is 10.4 Å². The number of nitriles is 1. The predicted molar refractivity (Wildman–Crippen MR) is 96.0 cm³/mol. The summed E-state index contributed by atoms with van der Waals surface area (Å²) in [6.07, 6.45) is 3.65. The third kappa shape index (κ3) is 4.51. The molecular weight excluding hydrogens is 332 g/mol. The number of nitrogens with one attached hydrogen (secondary N) is 3. The van der Waals surface area contributed by atoms with Crippen molar-refractivity contribution in [2.24, 2.45) is 0 Å². The molecule has 26 heavy (non-hydrogen) atoms. The second-order valence-corrected chi connectivity index (χ2v) is 6.71. The van der Waals surface area contributed by atoms with Crippen LogP contribution in [0.2, 0.25) is 0 Å². The van der Waals surface area contributed by atoms with Crippen molar-refractivity contribution in [1.82, 2.24) is 20.5 Å². The van der Waals surface area contributed by atoms with E-state index in [4.69, 9.17) is 10.00 Å². The molecule has 0 radical (unpaired) electrons. The van der Waals surface area contributed by atoms with Gasteiger partial charge < -0.3 is 15.4 Å². The Hall–Kier alpha value is -3.08. The van der Waals surface area contributed by atoms with Gasteiger partial charge in [-0.05, 0) is 45.2 Å². The van der Waals surface area contributed by atoms with Crippen molar-refractivity contribution in [3.8, 4) is 6.07 Å². The van der Waals surface area contributed by atoms with Crippen LogP contribution in [0.5, 0.6) is 0 Å². The van der Waals surface area contributed by atoms with Crippen LogP contribution in [-0.4, -0.2) is 33.4 Å². The second-order valence-electron chi connectivity index (χ2n) is 6.71. The molecule has 2 aromatic heterocycles. The molecule has 1 aliphatic rings. The number of aromatic amines is 1. The highest BCUT2D eigenvalue weighted by Gasteiger charge is 2.30. The van der Waals surface area contributed by atoms with Gasteiger partial charge in [0, 0.05) is 29.9 Å². The fourth-order valence-corrected chi connectivity index (χ4v) is 3.03. The van der Waals surface area contributed by atoms with E-state index in [-0.39, 0.29) is 24.2 Å². The van der Waals surface area contributed by atoms with Gasteiger partial charge in [0.1, 0.15) is 18.0 Å². The maximum Gasteiger partial charge on any atom is 0.407 e. The van der Waals surface area contributed by atoms with Crippen LogP contribution in [0.1, 0.15) is 50.3 Å². The fraction of sp³-hybridized carbons (Fsp3) is 0.444. The summed E-state index contributed by atoms with van der Waals surface area (Å²) in [5.41, 5.74) is 1.52. The number of carbonyl (C=O) groups excluding carboxylic acids is 1. The molecule has 8 heteroatoms. The molecular formula is C18H22N6O2. The predicted octanol–water partition coefficient (Wildman–Crippen LogP) is 3.19. The van der Waals surface area contributed by atoms with Crippen molar-refractivity contribution >= 4 is 17.7 Å². The van der Waals surface area contributed by atoms with Gasteiger partial charge in [0.15, 0.2) is 5.82 Å². The summed E-state index contributed by atoms with van der Waals surface area (Å²) in [5, 5.41) is 22.0. The topological polar surface area (TPSA) is 116 Å². The van der Waals surface area contributed by atoms with Crippen molar-refractivity contribution in [2.75, 3.05) is 5.32 Å². The molecule has 1 fully saturated rings. The zero-order chi connectivity index (χ0) is 18.5. The Labute approximate surface area is 152 Å². The van der Waals surface area contributed by atoms with Gasteiger partial charge in [-0.3, -0.25) is 5.10 Å². The molecule has 0 saturated heterocycles. The van der Waals surface area contributed by atoms with Crippen molar-refractivity contribution in [3.63, 3.8) is 0 Å². The highest BCUT2D eigenvalue weighted by Crippen LogP contribution is 2.36. The van der Waals surface area contributed by atoms with Gasteiger partial charge in [-0.25, -0.2) is 9.78 Å². The van der Waals surface area contributed by atoms with Crippen LogP contribution in [-0.2, 0) is 4.74 Å². The zero-order valence-corrected chi connectivity index (χ0v) is 14.8. The van der Waals surface area contributed by atoms with E-state index in [9.17, 15) is 4.79 Å². The monoisotopic (exact) mass is 354 g/mol. The first-order chi connectivity index (χ1) is 12.5. The SMILES string of the molecule is CC(C)NC(=O)O[C@@H]1CC[C@H](c2cc(Nc3ccc(C#N)cn3)n[nH]2)C1. The van der Waals surface area contributed by atoms with E-state index in [1.807, 2.05) is 26.0 Å². The molecule has 1 amide bonds. The minimum Gasteiger partial charge on any atom is -0.446 e. The van der Waals surface area contributed by atoms with E-state index in [1.165, 1.54) is 6.20 Å². The number of pyridine rings is 1. The standard InChI is InChI=1S/C18H22N6O2/c1-11(2)21-18(25)26-14-5-4-13(7-14)15-8-17(24-23-15)22-16-6-3-12(9-19)10-20-16/h3,6,8,10-11,13-14H,4-5,7H2,1-2H3,(H,21,25)(H2,20,22,23,24)/t13-,14+/m0/s1. The lowest BCUT2D eigenvalue weighted by atomic mass is 10.0. The average molecular weight is 354 g/mol. The maximum atomic E-state index is 11.7. The highest BCUT2D eigenvalue weighted by molar-refractivity contribution is 5.67. The smallest absolute Gasteiger partial charge is 0.407 e. The van der Waals surface area contributed by atoms with Crippen LogP contribution in [0.4, 0.5) is 16.4 Å². The molecule has 3 rings (SSSR count). The average Bonchev–Trinajstić information content (AvgIpc) is 3.24. The van der Waals surface area contributed by atoms with Gasteiger partial charge in [-0.15, -0.1) is 0 Å². The van der Waals surface area contributed by atoms with Gasteiger partial charge in [0.05, 0.1) is 5.56 Å². The van der Waals surface area contributed by atoms with Crippen molar-refractivity contribution in [2.45, 2.75) is 51.2 Å². The van der Waals surface area contributed by atoms with E-state index in [0.29, 0.717) is 17.2 Å². The number of nitrogens with zero attached hydrogens (tertiary/aromatic N) is 3. The first-order valence-electron chi connectivity index (χ1n) is 8.69. The molecule has 2 heterocycles. The molecule has 2 aromatic rings. The fourth-order valence-electron chi connectivity index (χ4n) is 3.03. The Bertz CT molecular complexity index is 793. The first kappa shape index (κ1) is 17.7. The molecule has 0 spiro atoms. The van der Waals surface area contributed by atoms with E-state index in [2.05, 4.69) is 25.8 Å². The van der Waals surface area contributed by atoms with Gasteiger partial charge in [0.2, 0.25) is 0 Å². The summed E-state index contributed by atoms with van der Waals surface area (Å²) < 4.78 is 5.46. The van der Waals surface area contributed by atoms with Crippen molar-refractivity contribution in [3.05, 3.63) is 35.7 Å². The normalized spacial score (nSPS) is 19.2. The van der Waals surface area contributed by atoms with E-state index in [1.54, 1.807) is 12.1 Å². The summed E-state index contributed by atoms with van der Waals surface area (Å²) in [6, 6.07) is 7.48. The number of hydrogen-bond acceptors (Lipinski definition) is 6. The molecule has 0 bridgehead atoms. The van der Waals surface area contributed by atoms with E-state index < -0.39 is 0 Å². The van der Waals surface area contributed by atoms with Gasteiger partial charge in [0.25, 0.3) is 0 Å². The summed E-state index contributed by atoms with van der Waals surface area (Å²) in [5.74, 6) is 1.57. The van der Waals surface area contributed by atoms with Crippen LogP contribution in [0, 0.1) is 11.3 Å². The molecule has 0 aliphatic heterocycles. The Morgan fingerprint density at radius 2 is 2.23 bits per heavy atom. The number of rotatable bonds is 5. The number of H-pyrrole nitrogens is 1. The lowest BCUT2D eigenvalue weighted by molar-refractivity contribution is 0.0981. The minimum absolute atomic E-state index is 0.0665. The summed E-state index contributed by atoms with van der Waals surface area (Å²) in [4.78, 5) is 15.9. The van der Waals surface area contributed by atoms with E-state index >= 15 is 0 Å². The molecule has 8 nitrogen and oxygen atoms in total. The van der Waals surface area contributed by atoms with Crippen molar-refractivity contribution < 1.29 is 9.53 Å². The number of ether oxygens (including phenoxy) is 1. The number of alkyl carbamates (subject to hydrolysis) is 1. The van der Waals surface area contributed by atoms with Crippen LogP contribution < -0.4 is 10.6 Å². The minimum atomic E-state index is -0.357. The lowest BCUT2D eigenvalue weighted by Crippen LogP contribution is -2.33. The number of hydrogen-bond donors (Lipinski definition) is 3. The largest absolute Gasteiger partial charge is 0.446 e. The van der Waals surface area contributed by atoms with Crippen LogP contribution in [0.25, 0.3) is 0 Å². The Kier molecular flexibility index (Phi) is 5.37. The lowest BCUT2D eigenvalue weighted by Gasteiger charge is -2.14. The highest BCUT2D eigenvalue weighted by atomic mass is 16.6. The van der Waals surface area contributed by atoms with Gasteiger partial charge in [-0.1, -0.05) is 0 Å². The number of carbonyl (C=O) groups is 1. The third-order valence-electron chi connectivity index (χ3n) is 4.25. The molecule has 0 aromatic carbocycles. The third-order valence-corrected chi connectivity index (χ3v) is 4.25. The van der Waals surface area contributed by atoms with E-state index in [0.717, 1.165) is 25.0 Å². The summed E-state index contributed by atoms with van der Waals surface area (Å²) >= 11 is 0. The Morgan fingerprint density at radius 3 is 2.92 bits per heavy atom. The molecule has 1 saturated carbocycles. The second kappa shape index (κ2) is 7.87.